The molecule has 0 fully saturated rings. The SMILES string of the molecule is CCCc1cccc(OC(=O)OCc2ccccc2)c1CCC. The number of rotatable bonds is 7. The van der Waals surface area contributed by atoms with Crippen LogP contribution in [0.4, 0.5) is 4.79 Å². The molecule has 0 bridgehead atoms. The van der Waals surface area contributed by atoms with Gasteiger partial charge < -0.3 is 9.47 Å². The Labute approximate surface area is 138 Å². The van der Waals surface area contributed by atoms with Gasteiger partial charge in [0.05, 0.1) is 0 Å². The van der Waals surface area contributed by atoms with Gasteiger partial charge in [-0.05, 0) is 35.6 Å². The number of hydrogen-bond donors (Lipinski definition) is 0. The molecule has 0 aliphatic rings. The molecule has 2 aromatic rings. The Hall–Kier alpha value is -2.29. The van der Waals surface area contributed by atoms with Crippen molar-refractivity contribution in [3.63, 3.8) is 0 Å². The highest BCUT2D eigenvalue weighted by Gasteiger charge is 2.13. The van der Waals surface area contributed by atoms with E-state index < -0.39 is 6.16 Å². The minimum Gasteiger partial charge on any atom is -0.429 e. The Morgan fingerprint density at radius 3 is 2.35 bits per heavy atom. The van der Waals surface area contributed by atoms with Crippen molar-refractivity contribution >= 4 is 6.16 Å². The molecule has 3 heteroatoms. The molecule has 0 aromatic heterocycles. The molecule has 3 nitrogen and oxygen atoms in total. The van der Waals surface area contributed by atoms with Crippen LogP contribution in [0.5, 0.6) is 5.75 Å². The molecule has 2 rings (SSSR count). The van der Waals surface area contributed by atoms with E-state index in [1.165, 1.54) is 5.56 Å². The summed E-state index contributed by atoms with van der Waals surface area (Å²) < 4.78 is 10.6. The fourth-order valence-electron chi connectivity index (χ4n) is 2.58. The van der Waals surface area contributed by atoms with E-state index in [1.54, 1.807) is 0 Å². The molecule has 2 aromatic carbocycles. The van der Waals surface area contributed by atoms with Crippen LogP contribution >= 0.6 is 0 Å². The summed E-state index contributed by atoms with van der Waals surface area (Å²) in [5.74, 6) is 0.621. The van der Waals surface area contributed by atoms with Crippen LogP contribution in [0.3, 0.4) is 0 Å². The van der Waals surface area contributed by atoms with Crippen molar-refractivity contribution in [2.24, 2.45) is 0 Å². The number of aryl methyl sites for hydroxylation is 1. The molecule has 0 heterocycles. The largest absolute Gasteiger partial charge is 0.514 e. The zero-order chi connectivity index (χ0) is 16.5. The predicted molar refractivity (Wildman–Crippen MR) is 91.7 cm³/mol. The van der Waals surface area contributed by atoms with Crippen LogP contribution in [0.15, 0.2) is 48.5 Å². The van der Waals surface area contributed by atoms with Gasteiger partial charge in [0.25, 0.3) is 0 Å². The molecule has 0 spiro atoms. The average molecular weight is 312 g/mol. The molecule has 0 amide bonds. The second-order valence-electron chi connectivity index (χ2n) is 5.52. The molecule has 0 atom stereocenters. The van der Waals surface area contributed by atoms with Gasteiger partial charge in [0.2, 0.25) is 0 Å². The predicted octanol–water partition coefficient (Wildman–Crippen LogP) is 5.31. The molecule has 0 unspecified atom stereocenters. The van der Waals surface area contributed by atoms with Crippen molar-refractivity contribution in [3.05, 3.63) is 65.2 Å². The van der Waals surface area contributed by atoms with E-state index in [1.807, 2.05) is 42.5 Å². The van der Waals surface area contributed by atoms with Crippen LogP contribution in [0.1, 0.15) is 43.4 Å². The van der Waals surface area contributed by atoms with Crippen molar-refractivity contribution < 1.29 is 14.3 Å². The molecule has 0 saturated heterocycles. The van der Waals surface area contributed by atoms with Crippen LogP contribution in [-0.4, -0.2) is 6.16 Å². The van der Waals surface area contributed by atoms with Gasteiger partial charge in [-0.15, -0.1) is 0 Å². The number of carbonyl (C=O) groups excluding carboxylic acids is 1. The Balaban J connectivity index is 2.03. The van der Waals surface area contributed by atoms with Gasteiger partial charge in [0.1, 0.15) is 12.4 Å². The maximum Gasteiger partial charge on any atom is 0.514 e. The van der Waals surface area contributed by atoms with Gasteiger partial charge in [-0.3, -0.25) is 0 Å². The van der Waals surface area contributed by atoms with Gasteiger partial charge in [0, 0.05) is 0 Å². The van der Waals surface area contributed by atoms with Crippen molar-refractivity contribution in [1.82, 2.24) is 0 Å². The lowest BCUT2D eigenvalue weighted by atomic mass is 9.99. The zero-order valence-electron chi connectivity index (χ0n) is 13.9. The highest BCUT2D eigenvalue weighted by atomic mass is 16.7. The van der Waals surface area contributed by atoms with E-state index in [0.29, 0.717) is 5.75 Å². The minimum atomic E-state index is -0.653. The fourth-order valence-corrected chi connectivity index (χ4v) is 2.58. The highest BCUT2D eigenvalue weighted by Crippen LogP contribution is 2.25. The normalized spacial score (nSPS) is 10.3. The van der Waals surface area contributed by atoms with Gasteiger partial charge >= 0.3 is 6.16 Å². The van der Waals surface area contributed by atoms with E-state index in [2.05, 4.69) is 19.9 Å². The fraction of sp³-hybridized carbons (Fsp3) is 0.350. The third kappa shape index (κ3) is 5.13. The van der Waals surface area contributed by atoms with E-state index in [-0.39, 0.29) is 6.61 Å². The molecular weight excluding hydrogens is 288 g/mol. The quantitative estimate of drug-likeness (QED) is 0.513. The lowest BCUT2D eigenvalue weighted by molar-refractivity contribution is 0.0924. The van der Waals surface area contributed by atoms with Gasteiger partial charge in [0.15, 0.2) is 0 Å². The molecule has 23 heavy (non-hydrogen) atoms. The van der Waals surface area contributed by atoms with E-state index >= 15 is 0 Å². The first-order chi connectivity index (χ1) is 11.2. The molecule has 0 radical (unpaired) electrons. The molecule has 0 N–H and O–H groups in total. The summed E-state index contributed by atoms with van der Waals surface area (Å²) in [6, 6.07) is 15.5. The first-order valence-electron chi connectivity index (χ1n) is 8.23. The maximum atomic E-state index is 12.0. The van der Waals surface area contributed by atoms with Crippen LogP contribution in [0, 0.1) is 0 Å². The Bertz CT molecular complexity index is 620. The Kier molecular flexibility index (Phi) is 6.67. The van der Waals surface area contributed by atoms with Gasteiger partial charge in [-0.2, -0.15) is 0 Å². The van der Waals surface area contributed by atoms with Crippen LogP contribution in [0.25, 0.3) is 0 Å². The second kappa shape index (κ2) is 8.99. The highest BCUT2D eigenvalue weighted by molar-refractivity contribution is 5.65. The summed E-state index contributed by atoms with van der Waals surface area (Å²) in [7, 11) is 0. The standard InChI is InChI=1S/C20H24O3/c1-3-9-17-13-8-14-19(18(17)10-4-2)23-20(21)22-15-16-11-6-5-7-12-16/h5-8,11-14H,3-4,9-10,15H2,1-2H3. The summed E-state index contributed by atoms with van der Waals surface area (Å²) in [5, 5.41) is 0. The van der Waals surface area contributed by atoms with Gasteiger partial charge in [-0.1, -0.05) is 69.2 Å². The molecule has 0 aliphatic heterocycles. The summed E-state index contributed by atoms with van der Waals surface area (Å²) in [6.07, 6.45) is 3.32. The summed E-state index contributed by atoms with van der Waals surface area (Å²) in [5.41, 5.74) is 3.31. The zero-order valence-corrected chi connectivity index (χ0v) is 13.9. The third-order valence-corrected chi connectivity index (χ3v) is 3.64. The van der Waals surface area contributed by atoms with Crippen molar-refractivity contribution in [2.45, 2.75) is 46.1 Å². The number of benzene rings is 2. The van der Waals surface area contributed by atoms with Crippen LogP contribution < -0.4 is 4.74 Å². The average Bonchev–Trinajstić information content (AvgIpc) is 2.57. The summed E-state index contributed by atoms with van der Waals surface area (Å²) >= 11 is 0. The monoisotopic (exact) mass is 312 g/mol. The third-order valence-electron chi connectivity index (χ3n) is 3.64. The maximum absolute atomic E-state index is 12.0. The lowest BCUT2D eigenvalue weighted by Gasteiger charge is -2.14. The van der Waals surface area contributed by atoms with Crippen molar-refractivity contribution in [2.75, 3.05) is 0 Å². The molecular formula is C20H24O3. The van der Waals surface area contributed by atoms with Crippen LogP contribution in [0.2, 0.25) is 0 Å². The molecule has 122 valence electrons. The molecule has 0 aliphatic carbocycles. The molecule has 0 saturated carbocycles. The van der Waals surface area contributed by atoms with Crippen LogP contribution in [-0.2, 0) is 24.2 Å². The number of hydrogen-bond acceptors (Lipinski definition) is 3. The smallest absolute Gasteiger partial charge is 0.429 e. The lowest BCUT2D eigenvalue weighted by Crippen LogP contribution is -2.12. The van der Waals surface area contributed by atoms with Crippen molar-refractivity contribution in [1.29, 1.82) is 0 Å². The Morgan fingerprint density at radius 2 is 1.65 bits per heavy atom. The first kappa shape index (κ1) is 17.1. The minimum absolute atomic E-state index is 0.220. The second-order valence-corrected chi connectivity index (χ2v) is 5.52. The number of ether oxygens (including phenoxy) is 2. The van der Waals surface area contributed by atoms with E-state index in [9.17, 15) is 4.79 Å². The first-order valence-corrected chi connectivity index (χ1v) is 8.23. The van der Waals surface area contributed by atoms with E-state index in [4.69, 9.17) is 9.47 Å². The Morgan fingerprint density at radius 1 is 0.913 bits per heavy atom. The topological polar surface area (TPSA) is 35.5 Å². The summed E-state index contributed by atoms with van der Waals surface area (Å²) in [6.45, 7) is 4.50. The summed E-state index contributed by atoms with van der Waals surface area (Å²) in [4.78, 5) is 12.0. The van der Waals surface area contributed by atoms with Gasteiger partial charge in [-0.25, -0.2) is 4.79 Å². The van der Waals surface area contributed by atoms with Crippen molar-refractivity contribution in [3.8, 4) is 5.75 Å². The van der Waals surface area contributed by atoms with E-state index in [0.717, 1.165) is 36.8 Å². The number of carbonyl (C=O) groups is 1.